The maximum Gasteiger partial charge on any atom is 0.171 e. The van der Waals surface area contributed by atoms with Crippen LogP contribution in [0.4, 0.5) is 5.82 Å². The fourth-order valence-electron chi connectivity index (χ4n) is 1.64. The minimum Gasteiger partial charge on any atom is -0.382 e. The average Bonchev–Trinajstić information content (AvgIpc) is 2.77. The van der Waals surface area contributed by atoms with Crippen LogP contribution in [0.25, 0.3) is 11.0 Å². The Morgan fingerprint density at radius 3 is 2.79 bits per heavy atom. The third kappa shape index (κ3) is 2.49. The minimum absolute atomic E-state index is 0.405. The maximum absolute atomic E-state index is 6.13. The van der Waals surface area contributed by atoms with E-state index < -0.39 is 0 Å². The lowest BCUT2D eigenvalue weighted by molar-refractivity contribution is 1.08. The van der Waals surface area contributed by atoms with E-state index in [0.29, 0.717) is 26.5 Å². The van der Waals surface area contributed by atoms with Gasteiger partial charge in [-0.15, -0.1) is 0 Å². The second kappa shape index (κ2) is 4.92. The van der Waals surface area contributed by atoms with Crippen LogP contribution >= 0.6 is 35.0 Å². The lowest BCUT2D eigenvalue weighted by Crippen LogP contribution is -1.89. The van der Waals surface area contributed by atoms with E-state index in [4.69, 9.17) is 28.9 Å². The average molecular weight is 311 g/mol. The molecule has 0 unspecified atom stereocenters. The molecule has 0 aliphatic heterocycles. The monoisotopic (exact) mass is 310 g/mol. The van der Waals surface area contributed by atoms with Gasteiger partial charge in [0.25, 0.3) is 0 Å². The number of nitrogen functional groups attached to an aromatic ring is 1. The number of anilines is 1. The predicted octanol–water partition coefficient (Wildman–Crippen LogP) is 4.00. The molecular weight excluding hydrogens is 303 g/mol. The Hall–Kier alpha value is -1.43. The van der Waals surface area contributed by atoms with E-state index in [1.165, 1.54) is 11.8 Å². The molecule has 0 amide bonds. The van der Waals surface area contributed by atoms with Crippen molar-refractivity contribution in [3.63, 3.8) is 0 Å². The van der Waals surface area contributed by atoms with Gasteiger partial charge in [-0.2, -0.15) is 0 Å². The van der Waals surface area contributed by atoms with Crippen molar-refractivity contribution >= 4 is 51.8 Å². The highest BCUT2D eigenvalue weighted by atomic mass is 35.5. The molecule has 0 saturated heterocycles. The molecule has 4 nitrogen and oxygen atoms in total. The Bertz CT molecular complexity index is 757. The lowest BCUT2D eigenvalue weighted by atomic mass is 10.4. The minimum atomic E-state index is 0.405. The van der Waals surface area contributed by atoms with Crippen molar-refractivity contribution in [1.29, 1.82) is 0 Å². The Kier molecular flexibility index (Phi) is 3.26. The highest BCUT2D eigenvalue weighted by Crippen LogP contribution is 2.34. The van der Waals surface area contributed by atoms with Gasteiger partial charge in [-0.3, -0.25) is 0 Å². The van der Waals surface area contributed by atoms with Crippen molar-refractivity contribution in [3.8, 4) is 0 Å². The number of rotatable bonds is 2. The van der Waals surface area contributed by atoms with Gasteiger partial charge in [0.15, 0.2) is 11.0 Å². The van der Waals surface area contributed by atoms with Crippen molar-refractivity contribution in [2.75, 3.05) is 5.73 Å². The Morgan fingerprint density at radius 1 is 1.21 bits per heavy atom. The van der Waals surface area contributed by atoms with Gasteiger partial charge in [-0.05, 0) is 24.3 Å². The van der Waals surface area contributed by atoms with Gasteiger partial charge in [0.05, 0.1) is 10.5 Å². The molecule has 2 aromatic heterocycles. The normalized spacial score (nSPS) is 11.1. The number of fused-ring (bicyclic) bond motifs is 1. The van der Waals surface area contributed by atoms with Gasteiger partial charge in [0.2, 0.25) is 0 Å². The summed E-state index contributed by atoms with van der Waals surface area (Å²) in [5.74, 6) is 0.405. The van der Waals surface area contributed by atoms with E-state index in [1.54, 1.807) is 18.3 Å². The van der Waals surface area contributed by atoms with Crippen LogP contribution in [0, 0.1) is 0 Å². The van der Waals surface area contributed by atoms with E-state index in [0.717, 1.165) is 10.4 Å². The van der Waals surface area contributed by atoms with Crippen molar-refractivity contribution in [1.82, 2.24) is 15.0 Å². The SMILES string of the molecule is Nc1nccc2[nH]c(Sc3ccc(Cl)cc3Cl)nc12. The second-order valence-electron chi connectivity index (χ2n) is 3.81. The van der Waals surface area contributed by atoms with Crippen LogP contribution in [0.5, 0.6) is 0 Å². The highest BCUT2D eigenvalue weighted by Gasteiger charge is 2.09. The zero-order valence-electron chi connectivity index (χ0n) is 9.52. The molecule has 0 aliphatic carbocycles. The van der Waals surface area contributed by atoms with Gasteiger partial charge in [0, 0.05) is 16.1 Å². The summed E-state index contributed by atoms with van der Waals surface area (Å²) in [6.45, 7) is 0. The Balaban J connectivity index is 1.99. The maximum atomic E-state index is 6.13. The molecule has 7 heteroatoms. The zero-order valence-corrected chi connectivity index (χ0v) is 11.9. The third-order valence-electron chi connectivity index (χ3n) is 2.51. The van der Waals surface area contributed by atoms with Gasteiger partial charge in [-0.25, -0.2) is 9.97 Å². The number of hydrogen-bond acceptors (Lipinski definition) is 4. The van der Waals surface area contributed by atoms with Crippen molar-refractivity contribution < 1.29 is 0 Å². The molecule has 3 rings (SSSR count). The van der Waals surface area contributed by atoms with E-state index in [2.05, 4.69) is 15.0 Å². The first kappa shape index (κ1) is 12.6. The van der Waals surface area contributed by atoms with Crippen LogP contribution in [0.1, 0.15) is 0 Å². The second-order valence-corrected chi connectivity index (χ2v) is 5.69. The summed E-state index contributed by atoms with van der Waals surface area (Å²) in [5.41, 5.74) is 7.28. The first-order chi connectivity index (χ1) is 9.13. The van der Waals surface area contributed by atoms with E-state index in [1.807, 2.05) is 12.1 Å². The quantitative estimate of drug-likeness (QED) is 0.750. The number of imidazole rings is 1. The van der Waals surface area contributed by atoms with Crippen molar-refractivity contribution in [2.45, 2.75) is 10.1 Å². The standard InChI is InChI=1S/C12H8Cl2N4S/c13-6-1-2-9(7(14)5-6)19-12-17-8-3-4-16-11(15)10(8)18-12/h1-5H,(H2,15,16)(H,17,18). The number of aromatic nitrogens is 3. The molecule has 0 radical (unpaired) electrons. The molecule has 2 heterocycles. The van der Waals surface area contributed by atoms with E-state index >= 15 is 0 Å². The number of H-pyrrole nitrogens is 1. The Labute approximate surface area is 123 Å². The van der Waals surface area contributed by atoms with Crippen LogP contribution in [0.3, 0.4) is 0 Å². The van der Waals surface area contributed by atoms with Crippen molar-refractivity contribution in [2.24, 2.45) is 0 Å². The van der Waals surface area contributed by atoms with E-state index in [9.17, 15) is 0 Å². The molecule has 1 aromatic carbocycles. The third-order valence-corrected chi connectivity index (χ3v) is 4.13. The topological polar surface area (TPSA) is 67.6 Å². The molecule has 3 aromatic rings. The number of pyridine rings is 1. The summed E-state index contributed by atoms with van der Waals surface area (Å²) in [7, 11) is 0. The van der Waals surface area contributed by atoms with Gasteiger partial charge >= 0.3 is 0 Å². The summed E-state index contributed by atoms with van der Waals surface area (Å²) in [5, 5.41) is 1.90. The fourth-order valence-corrected chi connectivity index (χ4v) is 2.97. The summed E-state index contributed by atoms with van der Waals surface area (Å²) in [6.07, 6.45) is 1.64. The molecule has 3 N–H and O–H groups in total. The summed E-state index contributed by atoms with van der Waals surface area (Å²) in [6, 6.07) is 7.16. The number of benzene rings is 1. The van der Waals surface area contributed by atoms with Gasteiger partial charge < -0.3 is 10.7 Å². The molecule has 0 atom stereocenters. The first-order valence-corrected chi connectivity index (χ1v) is 6.94. The van der Waals surface area contributed by atoms with Crippen molar-refractivity contribution in [3.05, 3.63) is 40.5 Å². The summed E-state index contributed by atoms with van der Waals surface area (Å²) < 4.78 is 0. The molecule has 0 bridgehead atoms. The molecule has 0 fully saturated rings. The van der Waals surface area contributed by atoms with Crippen LogP contribution in [-0.2, 0) is 0 Å². The van der Waals surface area contributed by atoms with Crippen LogP contribution in [0.15, 0.2) is 40.5 Å². The number of nitrogens with two attached hydrogens (primary N) is 1. The zero-order chi connectivity index (χ0) is 13.4. The highest BCUT2D eigenvalue weighted by molar-refractivity contribution is 7.99. The predicted molar refractivity (Wildman–Crippen MR) is 78.9 cm³/mol. The van der Waals surface area contributed by atoms with Crippen LogP contribution < -0.4 is 5.73 Å². The number of halogens is 2. The molecule has 19 heavy (non-hydrogen) atoms. The van der Waals surface area contributed by atoms with Crippen LogP contribution in [0.2, 0.25) is 10.0 Å². The Morgan fingerprint density at radius 2 is 2.05 bits per heavy atom. The number of nitrogens with zero attached hydrogens (tertiary/aromatic N) is 2. The summed E-state index contributed by atoms with van der Waals surface area (Å²) >= 11 is 13.4. The molecule has 96 valence electrons. The van der Waals surface area contributed by atoms with Crippen LogP contribution in [-0.4, -0.2) is 15.0 Å². The smallest absolute Gasteiger partial charge is 0.171 e. The molecule has 0 saturated carbocycles. The van der Waals surface area contributed by atoms with E-state index in [-0.39, 0.29) is 0 Å². The lowest BCUT2D eigenvalue weighted by Gasteiger charge is -2.01. The largest absolute Gasteiger partial charge is 0.382 e. The molecule has 0 spiro atoms. The molecular formula is C12H8Cl2N4S. The first-order valence-electron chi connectivity index (χ1n) is 5.36. The molecule has 0 aliphatic rings. The van der Waals surface area contributed by atoms with Gasteiger partial charge in [0.1, 0.15) is 5.52 Å². The summed E-state index contributed by atoms with van der Waals surface area (Å²) in [4.78, 5) is 12.4. The number of hydrogen-bond donors (Lipinski definition) is 2. The fraction of sp³-hybridized carbons (Fsp3) is 0. The van der Waals surface area contributed by atoms with Gasteiger partial charge in [-0.1, -0.05) is 35.0 Å². The number of nitrogens with one attached hydrogen (secondary N) is 1. The number of aromatic amines is 1.